The molecule has 2 heterocycles. The zero-order valence-corrected chi connectivity index (χ0v) is 20.3. The number of benzene rings is 2. The number of methoxy groups -OCH3 is 1. The van der Waals surface area contributed by atoms with Gasteiger partial charge in [0.25, 0.3) is 5.95 Å². The van der Waals surface area contributed by atoms with E-state index in [2.05, 4.69) is 44.3 Å². The molecule has 0 atom stereocenters. The quantitative estimate of drug-likeness (QED) is 0.173. The van der Waals surface area contributed by atoms with Crippen LogP contribution in [-0.4, -0.2) is 39.2 Å². The van der Waals surface area contributed by atoms with E-state index in [4.69, 9.17) is 14.5 Å². The van der Waals surface area contributed by atoms with Gasteiger partial charge in [0.05, 0.1) is 24.9 Å². The molecule has 4 rings (SSSR count). The molecule has 0 radical (unpaired) electrons. The van der Waals surface area contributed by atoms with E-state index in [1.165, 1.54) is 19.3 Å². The molecule has 2 aromatic heterocycles. The first-order valence-corrected chi connectivity index (χ1v) is 11.9. The molecule has 0 fully saturated rings. The molecular weight excluding hydrogens is 428 g/mol. The number of para-hydroxylation sites is 1. The summed E-state index contributed by atoms with van der Waals surface area (Å²) in [5.41, 5.74) is 6.54. The highest BCUT2D eigenvalue weighted by molar-refractivity contribution is 6.04. The molecule has 0 saturated heterocycles. The molecule has 2 aromatic carbocycles. The van der Waals surface area contributed by atoms with Crippen molar-refractivity contribution in [2.75, 3.05) is 12.5 Å². The first kappa shape index (κ1) is 23.5. The maximum atomic E-state index is 5.77. The number of nitrogens with one attached hydrogen (secondary N) is 1. The smallest absolute Gasteiger partial charge is 0.265 e. The van der Waals surface area contributed by atoms with Gasteiger partial charge >= 0.3 is 0 Å². The maximum absolute atomic E-state index is 5.77. The maximum Gasteiger partial charge on any atom is 0.265 e. The summed E-state index contributed by atoms with van der Waals surface area (Å²) < 4.78 is 13.5. The molecule has 8 heteroatoms. The largest absolute Gasteiger partial charge is 0.493 e. The molecule has 34 heavy (non-hydrogen) atoms. The van der Waals surface area contributed by atoms with Gasteiger partial charge in [-0.05, 0) is 50.1 Å². The zero-order chi connectivity index (χ0) is 23.9. The van der Waals surface area contributed by atoms with Crippen LogP contribution in [0, 0.1) is 0 Å². The van der Waals surface area contributed by atoms with Crippen molar-refractivity contribution in [3.8, 4) is 11.5 Å². The van der Waals surface area contributed by atoms with Crippen LogP contribution >= 0.6 is 0 Å². The molecule has 0 unspecified atom stereocenters. The summed E-state index contributed by atoms with van der Waals surface area (Å²) in [5, 5.41) is 14.1. The van der Waals surface area contributed by atoms with Crippen molar-refractivity contribution in [1.29, 1.82) is 0 Å². The topological polar surface area (TPSA) is 86.5 Å². The Morgan fingerprint density at radius 1 is 1.06 bits per heavy atom. The van der Waals surface area contributed by atoms with E-state index in [9.17, 15) is 0 Å². The van der Waals surface area contributed by atoms with Crippen LogP contribution in [0.2, 0.25) is 0 Å². The van der Waals surface area contributed by atoms with Gasteiger partial charge in [-0.2, -0.15) is 10.1 Å². The highest BCUT2D eigenvalue weighted by Crippen LogP contribution is 2.29. The van der Waals surface area contributed by atoms with Crippen molar-refractivity contribution >= 4 is 34.2 Å². The number of anilines is 1. The van der Waals surface area contributed by atoms with Crippen LogP contribution < -0.4 is 14.9 Å². The molecule has 0 aliphatic rings. The highest BCUT2D eigenvalue weighted by Gasteiger charge is 2.14. The van der Waals surface area contributed by atoms with Gasteiger partial charge in [0.2, 0.25) is 0 Å². The highest BCUT2D eigenvalue weighted by atomic mass is 16.5. The number of rotatable bonds is 11. The van der Waals surface area contributed by atoms with Crippen molar-refractivity contribution in [2.45, 2.75) is 59.1 Å². The summed E-state index contributed by atoms with van der Waals surface area (Å²) in [6.45, 7) is 7.08. The Bertz CT molecular complexity index is 1280. The summed E-state index contributed by atoms with van der Waals surface area (Å²) >= 11 is 0. The molecule has 0 aliphatic heterocycles. The Morgan fingerprint density at radius 3 is 2.71 bits per heavy atom. The van der Waals surface area contributed by atoms with Crippen LogP contribution in [0.5, 0.6) is 11.5 Å². The summed E-state index contributed by atoms with van der Waals surface area (Å²) in [6.07, 6.45) is 6.50. The lowest BCUT2D eigenvalue weighted by atomic mass is 10.2. The number of nitrogens with zero attached hydrogens (tertiary/aromatic N) is 5. The van der Waals surface area contributed by atoms with Gasteiger partial charge in [-0.15, -0.1) is 10.2 Å². The number of aromatic nitrogens is 4. The van der Waals surface area contributed by atoms with Gasteiger partial charge < -0.3 is 14.0 Å². The number of hydrazone groups is 1. The van der Waals surface area contributed by atoms with Crippen LogP contribution in [0.25, 0.3) is 22.1 Å². The Labute approximate surface area is 200 Å². The Kier molecular flexibility index (Phi) is 7.57. The predicted octanol–water partition coefficient (Wildman–Crippen LogP) is 5.80. The molecule has 0 aliphatic carbocycles. The molecule has 1 N–H and O–H groups in total. The minimum absolute atomic E-state index is 0.0666. The second-order valence-electron chi connectivity index (χ2n) is 8.48. The first-order valence-electron chi connectivity index (χ1n) is 11.9. The van der Waals surface area contributed by atoms with Crippen molar-refractivity contribution < 1.29 is 9.47 Å². The molecule has 8 nitrogen and oxygen atoms in total. The lowest BCUT2D eigenvalue weighted by Gasteiger charge is -2.13. The Hall–Kier alpha value is -3.68. The number of ether oxygens (including phenoxy) is 2. The summed E-state index contributed by atoms with van der Waals surface area (Å²) in [5.74, 6) is 1.71. The average molecular weight is 461 g/mol. The third-order valence-corrected chi connectivity index (χ3v) is 5.54. The third-order valence-electron chi connectivity index (χ3n) is 5.54. The first-order chi connectivity index (χ1) is 16.6. The predicted molar refractivity (Wildman–Crippen MR) is 137 cm³/mol. The number of unbranched alkanes of at least 4 members (excludes halogenated alkanes) is 3. The number of hydrogen-bond acceptors (Lipinski definition) is 7. The fourth-order valence-corrected chi connectivity index (χ4v) is 3.95. The summed E-state index contributed by atoms with van der Waals surface area (Å²) in [7, 11) is 1.62. The molecule has 0 saturated carbocycles. The number of hydrogen-bond donors (Lipinski definition) is 1. The average Bonchev–Trinajstić information content (AvgIpc) is 3.15. The van der Waals surface area contributed by atoms with Gasteiger partial charge in [0, 0.05) is 11.9 Å². The van der Waals surface area contributed by atoms with Gasteiger partial charge in [-0.1, -0.05) is 44.4 Å². The normalized spacial score (nSPS) is 11.7. The van der Waals surface area contributed by atoms with E-state index in [0.29, 0.717) is 17.4 Å². The fourth-order valence-electron chi connectivity index (χ4n) is 3.95. The van der Waals surface area contributed by atoms with Crippen LogP contribution in [0.3, 0.4) is 0 Å². The van der Waals surface area contributed by atoms with E-state index >= 15 is 0 Å². The van der Waals surface area contributed by atoms with E-state index in [0.717, 1.165) is 40.6 Å². The van der Waals surface area contributed by atoms with Crippen molar-refractivity contribution in [1.82, 2.24) is 19.7 Å². The third kappa shape index (κ3) is 5.27. The molecule has 0 bridgehead atoms. The molecule has 178 valence electrons. The van der Waals surface area contributed by atoms with Gasteiger partial charge in [-0.3, -0.25) is 0 Å². The molecular formula is C26H32N6O2. The fraction of sp³-hybridized carbons (Fsp3) is 0.385. The van der Waals surface area contributed by atoms with Crippen LogP contribution in [0.4, 0.5) is 5.95 Å². The van der Waals surface area contributed by atoms with E-state index < -0.39 is 0 Å². The second-order valence-corrected chi connectivity index (χ2v) is 8.48. The van der Waals surface area contributed by atoms with E-state index in [1.807, 2.05) is 44.2 Å². The SMILES string of the molecule is CCCCCCn1c2ccccc2c2nnc(N/N=C/c3ccc(OC(C)C)c(OC)c3)nc21. The monoisotopic (exact) mass is 460 g/mol. The van der Waals surface area contributed by atoms with Gasteiger partial charge in [0.15, 0.2) is 17.1 Å². The van der Waals surface area contributed by atoms with Crippen molar-refractivity contribution in [3.63, 3.8) is 0 Å². The van der Waals surface area contributed by atoms with E-state index in [1.54, 1.807) is 13.3 Å². The van der Waals surface area contributed by atoms with Crippen LogP contribution in [0.15, 0.2) is 47.6 Å². The molecule has 4 aromatic rings. The lowest BCUT2D eigenvalue weighted by Crippen LogP contribution is -2.07. The van der Waals surface area contributed by atoms with Crippen LogP contribution in [0.1, 0.15) is 52.0 Å². The minimum atomic E-state index is 0.0666. The number of aryl methyl sites for hydroxylation is 1. The Morgan fingerprint density at radius 2 is 1.91 bits per heavy atom. The summed E-state index contributed by atoms with van der Waals surface area (Å²) in [6, 6.07) is 13.9. The minimum Gasteiger partial charge on any atom is -0.493 e. The number of fused-ring (bicyclic) bond motifs is 3. The van der Waals surface area contributed by atoms with Crippen molar-refractivity contribution in [2.24, 2.45) is 5.10 Å². The second kappa shape index (κ2) is 11.0. The van der Waals surface area contributed by atoms with Gasteiger partial charge in [0.1, 0.15) is 5.52 Å². The summed E-state index contributed by atoms with van der Waals surface area (Å²) in [4.78, 5) is 4.74. The standard InChI is InChI=1S/C26H32N6O2/c1-5-6-7-10-15-32-21-12-9-8-11-20(21)24-25(32)28-26(31-29-24)30-27-17-19-13-14-22(34-18(2)3)23(16-19)33-4/h8-9,11-14,16-18H,5-7,10,15H2,1-4H3,(H,28,30,31)/b27-17+. The van der Waals surface area contributed by atoms with E-state index in [-0.39, 0.29) is 6.10 Å². The zero-order valence-electron chi connectivity index (χ0n) is 20.3. The molecule has 0 amide bonds. The van der Waals surface area contributed by atoms with Gasteiger partial charge in [-0.25, -0.2) is 5.43 Å². The van der Waals surface area contributed by atoms with Crippen molar-refractivity contribution in [3.05, 3.63) is 48.0 Å². The van der Waals surface area contributed by atoms with Crippen LogP contribution in [-0.2, 0) is 6.54 Å². The Balaban J connectivity index is 1.56. The lowest BCUT2D eigenvalue weighted by molar-refractivity contribution is 0.230. The molecule has 0 spiro atoms.